The van der Waals surface area contributed by atoms with Gasteiger partial charge >= 0.3 is 0 Å². The van der Waals surface area contributed by atoms with E-state index in [0.717, 1.165) is 6.54 Å². The van der Waals surface area contributed by atoms with Crippen molar-refractivity contribution in [3.8, 4) is 0 Å². The van der Waals surface area contributed by atoms with Crippen molar-refractivity contribution in [2.75, 3.05) is 27.2 Å². The van der Waals surface area contributed by atoms with Crippen LogP contribution in [0.4, 0.5) is 0 Å². The largest absolute Gasteiger partial charge is 0.361 e. The first kappa shape index (κ1) is 14.7. The fourth-order valence-corrected chi connectivity index (χ4v) is 1.86. The van der Waals surface area contributed by atoms with Gasteiger partial charge < -0.3 is 15.5 Å². The summed E-state index contributed by atoms with van der Waals surface area (Å²) < 4.78 is 0. The van der Waals surface area contributed by atoms with Crippen LogP contribution in [-0.4, -0.2) is 37.2 Å². The molecule has 0 saturated heterocycles. The molecule has 1 aromatic carbocycles. The molecule has 1 aromatic rings. The van der Waals surface area contributed by atoms with Crippen LogP contribution < -0.4 is 10.6 Å². The molecule has 0 aliphatic heterocycles. The molecule has 0 fully saturated rings. The zero-order valence-electron chi connectivity index (χ0n) is 11.0. The Morgan fingerprint density at radius 1 is 1.33 bits per heavy atom. The van der Waals surface area contributed by atoms with E-state index in [2.05, 4.69) is 60.5 Å². The van der Waals surface area contributed by atoms with E-state index in [0.29, 0.717) is 17.7 Å². The van der Waals surface area contributed by atoms with Crippen molar-refractivity contribution in [1.82, 2.24) is 15.5 Å². The molecule has 0 heterocycles. The van der Waals surface area contributed by atoms with Crippen molar-refractivity contribution in [1.29, 1.82) is 0 Å². The van der Waals surface area contributed by atoms with Gasteiger partial charge in [0.05, 0.1) is 6.04 Å². The molecular formula is C14H21N3S. The van der Waals surface area contributed by atoms with Gasteiger partial charge in [-0.3, -0.25) is 0 Å². The zero-order chi connectivity index (χ0) is 13.4. The van der Waals surface area contributed by atoms with Gasteiger partial charge in [0.15, 0.2) is 5.11 Å². The average molecular weight is 263 g/mol. The maximum absolute atomic E-state index is 5.19. The van der Waals surface area contributed by atoms with Crippen molar-refractivity contribution in [2.45, 2.75) is 6.04 Å². The monoisotopic (exact) mass is 263 g/mol. The van der Waals surface area contributed by atoms with Gasteiger partial charge in [-0.25, -0.2) is 0 Å². The summed E-state index contributed by atoms with van der Waals surface area (Å²) in [6.07, 6.45) is 1.79. The first-order valence-corrected chi connectivity index (χ1v) is 6.40. The molecule has 1 atom stereocenters. The predicted octanol–water partition coefficient (Wildman–Crippen LogP) is 1.94. The lowest BCUT2D eigenvalue weighted by atomic mass is 10.1. The third-order valence-electron chi connectivity index (χ3n) is 2.67. The molecule has 0 radical (unpaired) electrons. The summed E-state index contributed by atoms with van der Waals surface area (Å²) in [6, 6.07) is 10.7. The molecule has 0 saturated carbocycles. The van der Waals surface area contributed by atoms with Crippen LogP contribution in [0.3, 0.4) is 0 Å². The molecule has 4 heteroatoms. The molecule has 18 heavy (non-hydrogen) atoms. The van der Waals surface area contributed by atoms with Crippen LogP contribution in [0.25, 0.3) is 0 Å². The second kappa shape index (κ2) is 7.84. The van der Waals surface area contributed by atoms with E-state index in [1.807, 2.05) is 6.07 Å². The Morgan fingerprint density at radius 2 is 2.00 bits per heavy atom. The SMILES string of the molecule is C=CCNC(=S)NC[C@@H](c1ccccc1)N(C)C. The first-order chi connectivity index (χ1) is 8.65. The number of nitrogens with one attached hydrogen (secondary N) is 2. The van der Waals surface area contributed by atoms with E-state index in [-0.39, 0.29) is 0 Å². The smallest absolute Gasteiger partial charge is 0.166 e. The Morgan fingerprint density at radius 3 is 2.56 bits per heavy atom. The molecule has 0 spiro atoms. The maximum Gasteiger partial charge on any atom is 0.166 e. The van der Waals surface area contributed by atoms with E-state index < -0.39 is 0 Å². The number of thiocarbonyl (C=S) groups is 1. The Kier molecular flexibility index (Phi) is 6.39. The Hall–Kier alpha value is -1.39. The number of rotatable bonds is 6. The van der Waals surface area contributed by atoms with Crippen LogP contribution in [0, 0.1) is 0 Å². The predicted molar refractivity (Wildman–Crippen MR) is 81.7 cm³/mol. The highest BCUT2D eigenvalue weighted by atomic mass is 32.1. The Bertz CT molecular complexity index is 376. The van der Waals surface area contributed by atoms with Gasteiger partial charge in [0.1, 0.15) is 0 Å². The molecular weight excluding hydrogens is 242 g/mol. The minimum Gasteiger partial charge on any atom is -0.361 e. The summed E-state index contributed by atoms with van der Waals surface area (Å²) in [5.41, 5.74) is 1.28. The number of benzene rings is 1. The number of nitrogens with zero attached hydrogens (tertiary/aromatic N) is 1. The Balaban J connectivity index is 2.54. The van der Waals surface area contributed by atoms with Gasteiger partial charge in [0.2, 0.25) is 0 Å². The third kappa shape index (κ3) is 4.85. The van der Waals surface area contributed by atoms with Crippen LogP contribution in [0.5, 0.6) is 0 Å². The van der Waals surface area contributed by atoms with Crippen LogP contribution >= 0.6 is 12.2 Å². The van der Waals surface area contributed by atoms with Crippen LogP contribution in [0.2, 0.25) is 0 Å². The van der Waals surface area contributed by atoms with Gasteiger partial charge in [-0.2, -0.15) is 0 Å². The summed E-state index contributed by atoms with van der Waals surface area (Å²) in [5, 5.41) is 6.95. The summed E-state index contributed by atoms with van der Waals surface area (Å²) in [6.45, 7) is 5.11. The van der Waals surface area contributed by atoms with Crippen molar-refractivity contribution < 1.29 is 0 Å². The zero-order valence-corrected chi connectivity index (χ0v) is 11.8. The molecule has 0 bridgehead atoms. The molecule has 98 valence electrons. The minimum absolute atomic E-state index is 0.301. The summed E-state index contributed by atoms with van der Waals surface area (Å²) >= 11 is 5.19. The minimum atomic E-state index is 0.301. The number of hydrogen-bond acceptors (Lipinski definition) is 2. The maximum atomic E-state index is 5.19. The number of likely N-dealkylation sites (N-methyl/N-ethyl adjacent to an activating group) is 1. The van der Waals surface area contributed by atoms with E-state index in [1.165, 1.54) is 5.56 Å². The van der Waals surface area contributed by atoms with Gasteiger partial charge in [0, 0.05) is 13.1 Å². The Labute approximate surface area is 115 Å². The fourth-order valence-electron chi connectivity index (χ4n) is 1.69. The third-order valence-corrected chi connectivity index (χ3v) is 2.96. The highest BCUT2D eigenvalue weighted by molar-refractivity contribution is 7.80. The molecule has 0 aliphatic rings. The van der Waals surface area contributed by atoms with Gasteiger partial charge in [-0.05, 0) is 31.9 Å². The van der Waals surface area contributed by atoms with Crippen molar-refractivity contribution in [3.05, 3.63) is 48.6 Å². The summed E-state index contributed by atoms with van der Waals surface area (Å²) in [7, 11) is 4.14. The molecule has 0 unspecified atom stereocenters. The van der Waals surface area contributed by atoms with Crippen LogP contribution in [-0.2, 0) is 0 Å². The topological polar surface area (TPSA) is 27.3 Å². The average Bonchev–Trinajstić information content (AvgIpc) is 2.37. The van der Waals surface area contributed by atoms with Crippen molar-refractivity contribution in [3.63, 3.8) is 0 Å². The van der Waals surface area contributed by atoms with Gasteiger partial charge in [-0.1, -0.05) is 36.4 Å². The molecule has 3 nitrogen and oxygen atoms in total. The van der Waals surface area contributed by atoms with E-state index in [9.17, 15) is 0 Å². The lowest BCUT2D eigenvalue weighted by molar-refractivity contribution is 0.298. The van der Waals surface area contributed by atoms with E-state index >= 15 is 0 Å². The standard InChI is InChI=1S/C14H21N3S/c1-4-10-15-14(18)16-11-13(17(2)3)12-8-6-5-7-9-12/h4-9,13H,1,10-11H2,2-3H3,(H2,15,16,18)/t13-/m0/s1. The van der Waals surface area contributed by atoms with Crippen molar-refractivity contribution in [2.24, 2.45) is 0 Å². The highest BCUT2D eigenvalue weighted by Gasteiger charge is 2.13. The van der Waals surface area contributed by atoms with Crippen molar-refractivity contribution >= 4 is 17.3 Å². The highest BCUT2D eigenvalue weighted by Crippen LogP contribution is 2.16. The molecule has 0 aromatic heterocycles. The van der Waals surface area contributed by atoms with E-state index in [1.54, 1.807) is 6.08 Å². The lowest BCUT2D eigenvalue weighted by Crippen LogP contribution is -2.40. The molecule has 0 amide bonds. The normalized spacial score (nSPS) is 11.9. The lowest BCUT2D eigenvalue weighted by Gasteiger charge is -2.25. The molecule has 2 N–H and O–H groups in total. The quantitative estimate of drug-likeness (QED) is 0.606. The van der Waals surface area contributed by atoms with Gasteiger partial charge in [0.25, 0.3) is 0 Å². The second-order valence-electron chi connectivity index (χ2n) is 4.27. The molecule has 0 aliphatic carbocycles. The fraction of sp³-hybridized carbons (Fsp3) is 0.357. The summed E-state index contributed by atoms with van der Waals surface area (Å²) in [5.74, 6) is 0. The number of hydrogen-bond donors (Lipinski definition) is 2. The van der Waals surface area contributed by atoms with Gasteiger partial charge in [-0.15, -0.1) is 6.58 Å². The van der Waals surface area contributed by atoms with Crippen LogP contribution in [0.15, 0.2) is 43.0 Å². The van der Waals surface area contributed by atoms with E-state index in [4.69, 9.17) is 12.2 Å². The first-order valence-electron chi connectivity index (χ1n) is 5.99. The molecule has 1 rings (SSSR count). The second-order valence-corrected chi connectivity index (χ2v) is 4.68. The summed E-state index contributed by atoms with van der Waals surface area (Å²) in [4.78, 5) is 2.18. The van der Waals surface area contributed by atoms with Crippen LogP contribution in [0.1, 0.15) is 11.6 Å².